The molecule has 7 nitrogen and oxygen atoms in total. The van der Waals surface area contributed by atoms with Crippen molar-refractivity contribution in [3.63, 3.8) is 0 Å². The molecule has 0 N–H and O–H groups in total. The highest BCUT2D eigenvalue weighted by Gasteiger charge is 2.33. The molecule has 1 amide bonds. The molecule has 3 rings (SSSR count). The van der Waals surface area contributed by atoms with Crippen LogP contribution in [0.5, 0.6) is 0 Å². The second-order valence-corrected chi connectivity index (χ2v) is 5.94. The third-order valence-electron chi connectivity index (χ3n) is 3.80. The van der Waals surface area contributed by atoms with Gasteiger partial charge in [0.15, 0.2) is 0 Å². The number of anilines is 1. The maximum atomic E-state index is 12.2. The number of amides is 1. The Morgan fingerprint density at radius 2 is 2.17 bits per heavy atom. The zero-order valence-corrected chi connectivity index (χ0v) is 13.7. The summed E-state index contributed by atoms with van der Waals surface area (Å²) in [7, 11) is 0. The SMILES string of the molecule is Cc1ccc(N2N=C(C(=O)O[C@H]3CCOC3=O)CCC2=O)cc1Cl. The minimum Gasteiger partial charge on any atom is -0.463 e. The van der Waals surface area contributed by atoms with Gasteiger partial charge in [-0.1, -0.05) is 17.7 Å². The van der Waals surface area contributed by atoms with Crippen LogP contribution in [0.1, 0.15) is 24.8 Å². The molecular weight excluding hydrogens is 336 g/mol. The smallest absolute Gasteiger partial charge is 0.355 e. The molecule has 1 saturated heterocycles. The first kappa shape index (κ1) is 16.4. The van der Waals surface area contributed by atoms with Crippen molar-refractivity contribution in [2.75, 3.05) is 11.6 Å². The van der Waals surface area contributed by atoms with Gasteiger partial charge in [-0.05, 0) is 24.6 Å². The Balaban J connectivity index is 1.80. The van der Waals surface area contributed by atoms with E-state index in [0.29, 0.717) is 17.1 Å². The fourth-order valence-corrected chi connectivity index (χ4v) is 2.57. The standard InChI is InChI=1S/C16H15ClN2O5/c1-9-2-3-10(8-11(9)17)19-14(20)5-4-12(18-19)15(21)24-13-6-7-23-16(13)22/h2-3,8,13H,4-7H2,1H3/t13-/m0/s1. The van der Waals surface area contributed by atoms with Crippen LogP contribution in [0.4, 0.5) is 5.69 Å². The molecule has 0 aromatic heterocycles. The molecule has 0 spiro atoms. The lowest BCUT2D eigenvalue weighted by atomic mass is 10.1. The van der Waals surface area contributed by atoms with Crippen LogP contribution in [0.2, 0.25) is 5.02 Å². The monoisotopic (exact) mass is 350 g/mol. The number of hydrogen-bond donors (Lipinski definition) is 0. The van der Waals surface area contributed by atoms with Gasteiger partial charge in [-0.25, -0.2) is 14.6 Å². The van der Waals surface area contributed by atoms with Crippen molar-refractivity contribution < 1.29 is 23.9 Å². The summed E-state index contributed by atoms with van der Waals surface area (Å²) in [5.74, 6) is -1.51. The largest absolute Gasteiger partial charge is 0.463 e. The molecule has 0 unspecified atom stereocenters. The van der Waals surface area contributed by atoms with Gasteiger partial charge in [0.1, 0.15) is 5.71 Å². The number of aryl methyl sites for hydroxylation is 1. The van der Waals surface area contributed by atoms with E-state index in [1.165, 1.54) is 0 Å². The number of halogens is 1. The molecule has 2 aliphatic heterocycles. The molecule has 1 aromatic carbocycles. The zero-order chi connectivity index (χ0) is 17.3. The van der Waals surface area contributed by atoms with Crippen molar-refractivity contribution in [3.8, 4) is 0 Å². The molecule has 1 atom stereocenters. The molecule has 0 bridgehead atoms. The molecule has 24 heavy (non-hydrogen) atoms. The summed E-state index contributed by atoms with van der Waals surface area (Å²) in [5, 5.41) is 5.72. The first-order valence-electron chi connectivity index (χ1n) is 7.50. The van der Waals surface area contributed by atoms with Gasteiger partial charge < -0.3 is 9.47 Å². The lowest BCUT2D eigenvalue weighted by Crippen LogP contribution is -2.36. The van der Waals surface area contributed by atoms with E-state index in [9.17, 15) is 14.4 Å². The van der Waals surface area contributed by atoms with E-state index in [2.05, 4.69) is 5.10 Å². The molecule has 0 radical (unpaired) electrons. The zero-order valence-electron chi connectivity index (χ0n) is 13.0. The van der Waals surface area contributed by atoms with Crippen molar-refractivity contribution in [2.45, 2.75) is 32.3 Å². The average molecular weight is 351 g/mol. The summed E-state index contributed by atoms with van der Waals surface area (Å²) in [5.41, 5.74) is 1.43. The van der Waals surface area contributed by atoms with E-state index >= 15 is 0 Å². The number of nitrogens with zero attached hydrogens (tertiary/aromatic N) is 2. The summed E-state index contributed by atoms with van der Waals surface area (Å²) in [6, 6.07) is 5.08. The molecule has 2 aliphatic rings. The molecule has 0 saturated carbocycles. The maximum absolute atomic E-state index is 12.2. The maximum Gasteiger partial charge on any atom is 0.355 e. The van der Waals surface area contributed by atoms with Crippen molar-refractivity contribution in [1.29, 1.82) is 0 Å². The number of esters is 2. The van der Waals surface area contributed by atoms with Crippen molar-refractivity contribution in [2.24, 2.45) is 5.10 Å². The molecule has 126 valence electrons. The predicted molar refractivity (Wildman–Crippen MR) is 85.8 cm³/mol. The summed E-state index contributed by atoms with van der Waals surface area (Å²) in [6.45, 7) is 2.08. The summed E-state index contributed by atoms with van der Waals surface area (Å²) < 4.78 is 9.87. The number of rotatable bonds is 3. The average Bonchev–Trinajstić information content (AvgIpc) is 2.95. The Labute approximate surface area is 143 Å². The van der Waals surface area contributed by atoms with Crippen LogP contribution in [0.3, 0.4) is 0 Å². The molecule has 8 heteroatoms. The van der Waals surface area contributed by atoms with Crippen molar-refractivity contribution >= 4 is 40.8 Å². The van der Waals surface area contributed by atoms with E-state index in [0.717, 1.165) is 10.6 Å². The highest BCUT2D eigenvalue weighted by atomic mass is 35.5. The van der Waals surface area contributed by atoms with Gasteiger partial charge in [0, 0.05) is 24.3 Å². The Kier molecular flexibility index (Phi) is 4.53. The van der Waals surface area contributed by atoms with Gasteiger partial charge >= 0.3 is 11.9 Å². The summed E-state index contributed by atoms with van der Waals surface area (Å²) in [4.78, 5) is 35.7. The summed E-state index contributed by atoms with van der Waals surface area (Å²) in [6.07, 6.45) is -0.293. The number of cyclic esters (lactones) is 1. The fraction of sp³-hybridized carbons (Fsp3) is 0.375. The lowest BCUT2D eigenvalue weighted by Gasteiger charge is -2.23. The van der Waals surface area contributed by atoms with E-state index in [1.807, 2.05) is 6.92 Å². The third kappa shape index (κ3) is 3.26. The first-order valence-corrected chi connectivity index (χ1v) is 7.87. The molecule has 1 fully saturated rings. The first-order chi connectivity index (χ1) is 11.5. The van der Waals surface area contributed by atoms with Gasteiger partial charge in [-0.3, -0.25) is 4.79 Å². The lowest BCUT2D eigenvalue weighted by molar-refractivity contribution is -0.155. The van der Waals surface area contributed by atoms with Crippen molar-refractivity contribution in [3.05, 3.63) is 28.8 Å². The van der Waals surface area contributed by atoms with Gasteiger partial charge in [0.25, 0.3) is 0 Å². The Morgan fingerprint density at radius 3 is 2.83 bits per heavy atom. The Bertz CT molecular complexity index is 746. The predicted octanol–water partition coefficient (Wildman–Crippen LogP) is 1.99. The number of ether oxygens (including phenoxy) is 2. The van der Waals surface area contributed by atoms with E-state index in [-0.39, 0.29) is 31.1 Å². The van der Waals surface area contributed by atoms with Gasteiger partial charge in [-0.15, -0.1) is 0 Å². The summed E-state index contributed by atoms with van der Waals surface area (Å²) >= 11 is 6.08. The number of hydrogen-bond acceptors (Lipinski definition) is 6. The highest BCUT2D eigenvalue weighted by Crippen LogP contribution is 2.26. The minimum absolute atomic E-state index is 0.0889. The minimum atomic E-state index is -0.903. The van der Waals surface area contributed by atoms with Gasteiger partial charge in [0.2, 0.25) is 12.0 Å². The highest BCUT2D eigenvalue weighted by molar-refractivity contribution is 6.38. The van der Waals surface area contributed by atoms with Gasteiger partial charge in [0.05, 0.1) is 12.3 Å². The van der Waals surface area contributed by atoms with E-state index in [1.54, 1.807) is 18.2 Å². The third-order valence-corrected chi connectivity index (χ3v) is 4.21. The Morgan fingerprint density at radius 1 is 1.38 bits per heavy atom. The quantitative estimate of drug-likeness (QED) is 0.778. The normalized spacial score (nSPS) is 20.7. The molecule has 0 aliphatic carbocycles. The van der Waals surface area contributed by atoms with Crippen LogP contribution in [0.15, 0.2) is 23.3 Å². The van der Waals surface area contributed by atoms with Crippen LogP contribution >= 0.6 is 11.6 Å². The number of carbonyl (C=O) groups excluding carboxylic acids is 3. The van der Waals surface area contributed by atoms with Crippen LogP contribution < -0.4 is 5.01 Å². The van der Waals surface area contributed by atoms with E-state index < -0.39 is 18.0 Å². The van der Waals surface area contributed by atoms with E-state index in [4.69, 9.17) is 21.1 Å². The Hall–Kier alpha value is -2.41. The van der Waals surface area contributed by atoms with Crippen molar-refractivity contribution in [1.82, 2.24) is 0 Å². The number of hydrazone groups is 1. The molecule has 1 aromatic rings. The van der Waals surface area contributed by atoms with Crippen LogP contribution in [0, 0.1) is 6.92 Å². The second-order valence-electron chi connectivity index (χ2n) is 5.54. The van der Waals surface area contributed by atoms with Crippen LogP contribution in [-0.4, -0.2) is 36.3 Å². The topological polar surface area (TPSA) is 85.3 Å². The van der Waals surface area contributed by atoms with Gasteiger partial charge in [-0.2, -0.15) is 5.10 Å². The molecule has 2 heterocycles. The molecular formula is C16H15ClN2O5. The second kappa shape index (κ2) is 6.60. The number of benzene rings is 1. The van der Waals surface area contributed by atoms with Crippen LogP contribution in [0.25, 0.3) is 0 Å². The fourth-order valence-electron chi connectivity index (χ4n) is 2.40. The van der Waals surface area contributed by atoms with Crippen LogP contribution in [-0.2, 0) is 23.9 Å². The number of carbonyl (C=O) groups is 3.